The van der Waals surface area contributed by atoms with Crippen molar-refractivity contribution in [2.45, 2.75) is 12.8 Å². The third-order valence-corrected chi connectivity index (χ3v) is 3.33. The van der Waals surface area contributed by atoms with Gasteiger partial charge in [-0.15, -0.1) is 0 Å². The number of anilines is 1. The summed E-state index contributed by atoms with van der Waals surface area (Å²) in [6.45, 7) is 1.84. The topological polar surface area (TPSA) is 70.7 Å². The maximum atomic E-state index is 12.3. The van der Waals surface area contributed by atoms with Crippen LogP contribution >= 0.6 is 0 Å². The number of aromatic nitrogens is 3. The maximum absolute atomic E-state index is 12.3. The predicted molar refractivity (Wildman–Crippen MR) is 77.4 cm³/mol. The highest BCUT2D eigenvalue weighted by Crippen LogP contribution is 2.24. The lowest BCUT2D eigenvalue weighted by Gasteiger charge is -2.12. The molecule has 100 valence electrons. The molecule has 3 aromatic rings. The summed E-state index contributed by atoms with van der Waals surface area (Å²) in [5.74, 6) is -0.376. The van der Waals surface area contributed by atoms with Crippen LogP contribution in [0.15, 0.2) is 49.2 Å². The molecule has 2 aromatic heterocycles. The van der Waals surface area contributed by atoms with Crippen LogP contribution < -0.4 is 5.32 Å². The molecule has 0 bridgehead atoms. The number of aromatic amines is 1. The molecule has 0 saturated carbocycles. The van der Waals surface area contributed by atoms with E-state index >= 15 is 0 Å². The lowest BCUT2D eigenvalue weighted by Crippen LogP contribution is -2.19. The van der Waals surface area contributed by atoms with Gasteiger partial charge < -0.3 is 10.3 Å². The highest BCUT2D eigenvalue weighted by atomic mass is 16.1. The van der Waals surface area contributed by atoms with Gasteiger partial charge in [-0.25, -0.2) is 9.97 Å². The zero-order chi connectivity index (χ0) is 13.9. The Kier molecular flexibility index (Phi) is 3.16. The summed E-state index contributed by atoms with van der Waals surface area (Å²) in [6, 6.07) is 7.72. The van der Waals surface area contributed by atoms with Crippen LogP contribution in [0.25, 0.3) is 10.9 Å². The Labute approximate surface area is 116 Å². The molecule has 0 spiro atoms. The van der Waals surface area contributed by atoms with Crippen LogP contribution in [0.2, 0.25) is 0 Å². The van der Waals surface area contributed by atoms with E-state index in [4.69, 9.17) is 0 Å². The number of hydrogen-bond donors (Lipinski definition) is 2. The van der Waals surface area contributed by atoms with Crippen LogP contribution in [0.1, 0.15) is 18.4 Å². The fraction of sp³-hybridized carbons (Fsp3) is 0.133. The molecule has 0 unspecified atom stereocenters. The molecular formula is C15H14N4O. The number of carbonyl (C=O) groups excluding carboxylic acids is 1. The predicted octanol–water partition coefficient (Wildman–Crippen LogP) is 2.70. The molecule has 1 amide bonds. The standard InChI is InChI=1S/C15H14N4O/c1-10(11-7-16-9-17-8-11)15(20)19-14-4-2-3-13-12(14)5-6-18-13/h2-10,18H,1H3,(H,19,20)/t10-/m0/s1. The Hall–Kier alpha value is -2.69. The third-order valence-electron chi connectivity index (χ3n) is 3.33. The number of H-pyrrole nitrogens is 1. The van der Waals surface area contributed by atoms with E-state index in [0.29, 0.717) is 0 Å². The molecule has 0 aliphatic heterocycles. The summed E-state index contributed by atoms with van der Waals surface area (Å²) < 4.78 is 0. The van der Waals surface area contributed by atoms with Gasteiger partial charge in [0.1, 0.15) is 6.33 Å². The second-order valence-corrected chi connectivity index (χ2v) is 4.63. The first-order valence-electron chi connectivity index (χ1n) is 6.37. The quantitative estimate of drug-likeness (QED) is 0.765. The van der Waals surface area contributed by atoms with E-state index in [1.165, 1.54) is 6.33 Å². The molecule has 0 radical (unpaired) electrons. The first-order valence-corrected chi connectivity index (χ1v) is 6.37. The average molecular weight is 266 g/mol. The van der Waals surface area contributed by atoms with Crippen LogP contribution in [0.4, 0.5) is 5.69 Å². The zero-order valence-electron chi connectivity index (χ0n) is 11.0. The largest absolute Gasteiger partial charge is 0.361 e. The number of fused-ring (bicyclic) bond motifs is 1. The number of nitrogens with one attached hydrogen (secondary N) is 2. The van der Waals surface area contributed by atoms with Crippen molar-refractivity contribution < 1.29 is 4.79 Å². The molecule has 20 heavy (non-hydrogen) atoms. The van der Waals surface area contributed by atoms with E-state index in [2.05, 4.69) is 20.3 Å². The van der Waals surface area contributed by atoms with Gasteiger partial charge in [-0.3, -0.25) is 4.79 Å². The Balaban J connectivity index is 1.84. The summed E-state index contributed by atoms with van der Waals surface area (Å²) in [7, 11) is 0. The van der Waals surface area contributed by atoms with Crippen molar-refractivity contribution in [2.24, 2.45) is 0 Å². The Bertz CT molecular complexity index is 736. The molecule has 3 rings (SSSR count). The maximum Gasteiger partial charge on any atom is 0.231 e. The number of carbonyl (C=O) groups is 1. The van der Waals surface area contributed by atoms with Gasteiger partial charge in [-0.1, -0.05) is 6.07 Å². The minimum absolute atomic E-state index is 0.0755. The van der Waals surface area contributed by atoms with E-state index < -0.39 is 0 Å². The fourth-order valence-electron chi connectivity index (χ4n) is 2.12. The van der Waals surface area contributed by atoms with Gasteiger partial charge in [0.15, 0.2) is 0 Å². The second kappa shape index (κ2) is 5.13. The lowest BCUT2D eigenvalue weighted by molar-refractivity contribution is -0.117. The fourth-order valence-corrected chi connectivity index (χ4v) is 2.12. The number of amides is 1. The molecule has 1 atom stereocenters. The van der Waals surface area contributed by atoms with Crippen molar-refractivity contribution in [3.05, 3.63) is 54.7 Å². The summed E-state index contributed by atoms with van der Waals surface area (Å²) >= 11 is 0. The molecular weight excluding hydrogens is 252 g/mol. The van der Waals surface area contributed by atoms with Gasteiger partial charge in [-0.05, 0) is 25.1 Å². The molecule has 0 aliphatic rings. The van der Waals surface area contributed by atoms with Gasteiger partial charge in [0.25, 0.3) is 0 Å². The van der Waals surface area contributed by atoms with Crippen molar-refractivity contribution in [1.82, 2.24) is 15.0 Å². The van der Waals surface area contributed by atoms with Crippen LogP contribution in [0.5, 0.6) is 0 Å². The van der Waals surface area contributed by atoms with Gasteiger partial charge >= 0.3 is 0 Å². The Morgan fingerprint density at radius 3 is 2.85 bits per heavy atom. The van der Waals surface area contributed by atoms with Crippen molar-refractivity contribution >= 4 is 22.5 Å². The van der Waals surface area contributed by atoms with Crippen molar-refractivity contribution in [1.29, 1.82) is 0 Å². The van der Waals surface area contributed by atoms with Crippen LogP contribution in [-0.2, 0) is 4.79 Å². The highest BCUT2D eigenvalue weighted by molar-refractivity contribution is 6.03. The summed E-state index contributed by atoms with van der Waals surface area (Å²) in [5.41, 5.74) is 2.60. The van der Waals surface area contributed by atoms with Crippen LogP contribution in [-0.4, -0.2) is 20.9 Å². The van der Waals surface area contributed by atoms with E-state index in [1.807, 2.05) is 37.4 Å². The van der Waals surface area contributed by atoms with E-state index in [0.717, 1.165) is 22.2 Å². The van der Waals surface area contributed by atoms with E-state index in [9.17, 15) is 4.79 Å². The van der Waals surface area contributed by atoms with Crippen LogP contribution in [0.3, 0.4) is 0 Å². The molecule has 5 nitrogen and oxygen atoms in total. The third kappa shape index (κ3) is 2.25. The molecule has 5 heteroatoms. The molecule has 2 N–H and O–H groups in total. The van der Waals surface area contributed by atoms with Crippen molar-refractivity contribution in [2.75, 3.05) is 5.32 Å². The second-order valence-electron chi connectivity index (χ2n) is 4.63. The molecule has 0 saturated heterocycles. The monoisotopic (exact) mass is 266 g/mol. The van der Waals surface area contributed by atoms with Crippen LogP contribution in [0, 0.1) is 0 Å². The van der Waals surface area contributed by atoms with Gasteiger partial charge in [0.2, 0.25) is 5.91 Å². The minimum Gasteiger partial charge on any atom is -0.361 e. The number of rotatable bonds is 3. The van der Waals surface area contributed by atoms with Crippen molar-refractivity contribution in [3.8, 4) is 0 Å². The summed E-state index contributed by atoms with van der Waals surface area (Å²) in [6.07, 6.45) is 6.63. The zero-order valence-corrected chi connectivity index (χ0v) is 11.0. The molecule has 1 aromatic carbocycles. The molecule has 2 heterocycles. The van der Waals surface area contributed by atoms with E-state index in [1.54, 1.807) is 12.4 Å². The molecule has 0 fully saturated rings. The first kappa shape index (κ1) is 12.3. The SMILES string of the molecule is C[C@H](C(=O)Nc1cccc2[nH]ccc12)c1cncnc1. The normalized spacial score (nSPS) is 12.2. The average Bonchev–Trinajstić information content (AvgIpc) is 2.97. The number of benzene rings is 1. The van der Waals surface area contributed by atoms with Gasteiger partial charge in [0, 0.05) is 35.1 Å². The Morgan fingerprint density at radius 2 is 2.05 bits per heavy atom. The number of hydrogen-bond acceptors (Lipinski definition) is 3. The minimum atomic E-state index is -0.301. The lowest BCUT2D eigenvalue weighted by atomic mass is 10.0. The van der Waals surface area contributed by atoms with Gasteiger partial charge in [-0.2, -0.15) is 0 Å². The van der Waals surface area contributed by atoms with E-state index in [-0.39, 0.29) is 11.8 Å². The summed E-state index contributed by atoms with van der Waals surface area (Å²) in [4.78, 5) is 23.3. The smallest absolute Gasteiger partial charge is 0.231 e. The first-order chi connectivity index (χ1) is 9.75. The van der Waals surface area contributed by atoms with Crippen molar-refractivity contribution in [3.63, 3.8) is 0 Å². The van der Waals surface area contributed by atoms with Gasteiger partial charge in [0.05, 0.1) is 11.6 Å². The molecule has 0 aliphatic carbocycles. The Morgan fingerprint density at radius 1 is 1.25 bits per heavy atom. The number of nitrogens with zero attached hydrogens (tertiary/aromatic N) is 2. The summed E-state index contributed by atoms with van der Waals surface area (Å²) in [5, 5.41) is 3.95. The highest BCUT2D eigenvalue weighted by Gasteiger charge is 2.16.